The molecule has 5 nitrogen and oxygen atoms in total. The molecule has 0 heterocycles. The van der Waals surface area contributed by atoms with Crippen LogP contribution in [0.15, 0.2) is 53.0 Å². The summed E-state index contributed by atoms with van der Waals surface area (Å²) < 4.78 is 11.4. The molecule has 0 fully saturated rings. The van der Waals surface area contributed by atoms with Crippen molar-refractivity contribution in [2.45, 2.75) is 0 Å². The smallest absolute Gasteiger partial charge is 0.243 e. The molecule has 0 radical (unpaired) electrons. The van der Waals surface area contributed by atoms with Crippen LogP contribution in [0.25, 0.3) is 0 Å². The van der Waals surface area contributed by atoms with Crippen LogP contribution in [0.1, 0.15) is 0 Å². The molecular formula is C17H19BrN2O3. The maximum Gasteiger partial charge on any atom is 0.243 e. The van der Waals surface area contributed by atoms with E-state index in [2.05, 4.69) is 26.6 Å². The number of halogens is 1. The lowest BCUT2D eigenvalue weighted by molar-refractivity contribution is -0.114. The van der Waals surface area contributed by atoms with E-state index in [1.807, 2.05) is 42.5 Å². The molecule has 1 amide bonds. The Bertz CT molecular complexity index is 649. The van der Waals surface area contributed by atoms with Gasteiger partial charge in [0.05, 0.1) is 13.2 Å². The Balaban J connectivity index is 1.85. The topological polar surface area (TPSA) is 59.6 Å². The van der Waals surface area contributed by atoms with Crippen molar-refractivity contribution >= 4 is 33.2 Å². The number of carbonyl (C=O) groups is 1. The fourth-order valence-electron chi connectivity index (χ4n) is 1.89. The molecule has 2 N–H and O–H groups in total. The molecule has 6 heteroatoms. The summed E-state index contributed by atoms with van der Waals surface area (Å²) in [5, 5.41) is 5.92. The van der Waals surface area contributed by atoms with Crippen molar-refractivity contribution in [2.24, 2.45) is 0 Å². The Morgan fingerprint density at radius 3 is 2.74 bits per heavy atom. The zero-order valence-corrected chi connectivity index (χ0v) is 14.4. The number of amides is 1. The van der Waals surface area contributed by atoms with Crippen LogP contribution >= 0.6 is 15.9 Å². The number of rotatable bonds is 8. The van der Waals surface area contributed by atoms with Gasteiger partial charge in [-0.2, -0.15) is 0 Å². The van der Waals surface area contributed by atoms with Crippen LogP contribution in [0.3, 0.4) is 0 Å². The first-order valence-electron chi connectivity index (χ1n) is 7.19. The summed E-state index contributed by atoms with van der Waals surface area (Å²) in [6, 6.07) is 14.9. The van der Waals surface area contributed by atoms with Crippen LogP contribution in [0, 0.1) is 0 Å². The maximum atomic E-state index is 12.0. The van der Waals surface area contributed by atoms with Crippen LogP contribution in [0.4, 0.5) is 11.4 Å². The number of anilines is 2. The summed E-state index contributed by atoms with van der Waals surface area (Å²) in [5.74, 6) is 0.563. The van der Waals surface area contributed by atoms with Gasteiger partial charge in [-0.25, -0.2) is 0 Å². The van der Waals surface area contributed by atoms with E-state index in [9.17, 15) is 4.79 Å². The fourth-order valence-corrected chi connectivity index (χ4v) is 2.32. The molecule has 0 aromatic heterocycles. The molecule has 2 rings (SSSR count). The van der Waals surface area contributed by atoms with Crippen molar-refractivity contribution in [3.05, 3.63) is 53.0 Å². The number of carbonyl (C=O) groups excluding carboxylic acids is 1. The minimum atomic E-state index is -0.130. The summed E-state index contributed by atoms with van der Waals surface area (Å²) >= 11 is 3.43. The third-order valence-corrected chi connectivity index (χ3v) is 3.68. The van der Waals surface area contributed by atoms with E-state index in [1.54, 1.807) is 13.2 Å². The number of benzene rings is 2. The lowest BCUT2D eigenvalue weighted by Gasteiger charge is -2.10. The minimum absolute atomic E-state index is 0.130. The van der Waals surface area contributed by atoms with Gasteiger partial charge in [0.2, 0.25) is 5.91 Å². The average molecular weight is 379 g/mol. The highest BCUT2D eigenvalue weighted by atomic mass is 79.9. The summed E-state index contributed by atoms with van der Waals surface area (Å²) in [5.41, 5.74) is 1.57. The third kappa shape index (κ3) is 5.92. The Hall–Kier alpha value is -2.05. The number of hydrogen-bond acceptors (Lipinski definition) is 4. The van der Waals surface area contributed by atoms with Crippen LogP contribution < -0.4 is 15.4 Å². The van der Waals surface area contributed by atoms with Crippen LogP contribution in [-0.4, -0.2) is 32.8 Å². The van der Waals surface area contributed by atoms with Crippen molar-refractivity contribution in [1.29, 1.82) is 0 Å². The molecular weight excluding hydrogens is 360 g/mol. The first-order valence-corrected chi connectivity index (χ1v) is 7.98. The minimum Gasteiger partial charge on any atom is -0.491 e. The van der Waals surface area contributed by atoms with E-state index in [0.717, 1.165) is 10.2 Å². The molecule has 0 spiro atoms. The lowest BCUT2D eigenvalue weighted by atomic mass is 10.3. The molecule has 0 saturated carbocycles. The van der Waals surface area contributed by atoms with Crippen LogP contribution in [0.5, 0.6) is 5.75 Å². The molecule has 0 aliphatic heterocycles. The first kappa shape index (κ1) is 17.3. The van der Waals surface area contributed by atoms with Crippen molar-refractivity contribution < 1.29 is 14.3 Å². The van der Waals surface area contributed by atoms with E-state index in [-0.39, 0.29) is 12.5 Å². The molecule has 0 bridgehead atoms. The van der Waals surface area contributed by atoms with Gasteiger partial charge in [-0.05, 0) is 40.2 Å². The molecule has 0 unspecified atom stereocenters. The Morgan fingerprint density at radius 1 is 1.13 bits per heavy atom. The zero-order chi connectivity index (χ0) is 16.5. The van der Waals surface area contributed by atoms with Gasteiger partial charge in [-0.15, -0.1) is 0 Å². The molecule has 23 heavy (non-hydrogen) atoms. The van der Waals surface area contributed by atoms with Gasteiger partial charge in [0.25, 0.3) is 0 Å². The van der Waals surface area contributed by atoms with Gasteiger partial charge in [0.15, 0.2) is 0 Å². The molecule has 0 atom stereocenters. The summed E-state index contributed by atoms with van der Waals surface area (Å²) in [7, 11) is 1.62. The van der Waals surface area contributed by atoms with E-state index >= 15 is 0 Å². The molecule has 122 valence electrons. The third-order valence-electron chi connectivity index (χ3n) is 2.99. The standard InChI is InChI=1S/C17H19BrN2O3/c1-22-9-10-23-14-6-4-5-13(11-14)20-17(21)12-19-16-8-3-2-7-15(16)18/h2-8,11,19H,9-10,12H2,1H3,(H,20,21). The predicted octanol–water partition coefficient (Wildman–Crippen LogP) is 3.52. The Labute approximate surface area is 144 Å². The van der Waals surface area contributed by atoms with Crippen molar-refractivity contribution in [3.8, 4) is 5.75 Å². The number of nitrogens with one attached hydrogen (secondary N) is 2. The van der Waals surface area contributed by atoms with E-state index in [0.29, 0.717) is 24.7 Å². The fraction of sp³-hybridized carbons (Fsp3) is 0.235. The van der Waals surface area contributed by atoms with E-state index < -0.39 is 0 Å². The normalized spacial score (nSPS) is 10.2. The SMILES string of the molecule is COCCOc1cccc(NC(=O)CNc2ccccc2Br)c1. The second-order valence-corrected chi connectivity index (χ2v) is 5.61. The van der Waals surface area contributed by atoms with Gasteiger partial charge in [0, 0.05) is 29.0 Å². The number of ether oxygens (including phenoxy) is 2. The van der Waals surface area contributed by atoms with Gasteiger partial charge >= 0.3 is 0 Å². The van der Waals surface area contributed by atoms with E-state index in [1.165, 1.54) is 0 Å². The number of methoxy groups -OCH3 is 1. The average Bonchev–Trinajstić information content (AvgIpc) is 2.55. The van der Waals surface area contributed by atoms with Crippen LogP contribution in [-0.2, 0) is 9.53 Å². The predicted molar refractivity (Wildman–Crippen MR) is 95.1 cm³/mol. The maximum absolute atomic E-state index is 12.0. The van der Waals surface area contributed by atoms with Gasteiger partial charge in [-0.1, -0.05) is 18.2 Å². The Morgan fingerprint density at radius 2 is 1.96 bits per heavy atom. The second-order valence-electron chi connectivity index (χ2n) is 4.75. The summed E-state index contributed by atoms with van der Waals surface area (Å²) in [6.45, 7) is 1.17. The molecule has 2 aromatic carbocycles. The highest BCUT2D eigenvalue weighted by Crippen LogP contribution is 2.21. The lowest BCUT2D eigenvalue weighted by Crippen LogP contribution is -2.21. The van der Waals surface area contributed by atoms with Gasteiger partial charge in [0.1, 0.15) is 12.4 Å². The van der Waals surface area contributed by atoms with Crippen molar-refractivity contribution in [1.82, 2.24) is 0 Å². The highest BCUT2D eigenvalue weighted by molar-refractivity contribution is 9.10. The van der Waals surface area contributed by atoms with Gasteiger partial charge < -0.3 is 20.1 Å². The van der Waals surface area contributed by atoms with Crippen molar-refractivity contribution in [2.75, 3.05) is 37.5 Å². The molecule has 0 aliphatic carbocycles. The van der Waals surface area contributed by atoms with E-state index in [4.69, 9.17) is 9.47 Å². The number of hydrogen-bond donors (Lipinski definition) is 2. The van der Waals surface area contributed by atoms with Crippen LogP contribution in [0.2, 0.25) is 0 Å². The molecule has 0 aliphatic rings. The first-order chi connectivity index (χ1) is 11.2. The second kappa shape index (κ2) is 9.17. The van der Waals surface area contributed by atoms with Gasteiger partial charge in [-0.3, -0.25) is 4.79 Å². The highest BCUT2D eigenvalue weighted by Gasteiger charge is 2.05. The summed E-state index contributed by atoms with van der Waals surface area (Å²) in [6.07, 6.45) is 0. The Kier molecular flexibility index (Phi) is 6.90. The quantitative estimate of drug-likeness (QED) is 0.689. The summed E-state index contributed by atoms with van der Waals surface area (Å²) in [4.78, 5) is 12.0. The number of para-hydroxylation sites is 1. The molecule has 0 saturated heterocycles. The van der Waals surface area contributed by atoms with Crippen molar-refractivity contribution in [3.63, 3.8) is 0 Å². The largest absolute Gasteiger partial charge is 0.491 e. The zero-order valence-electron chi connectivity index (χ0n) is 12.8. The molecule has 2 aromatic rings. The monoisotopic (exact) mass is 378 g/mol.